The van der Waals surface area contributed by atoms with Gasteiger partial charge in [-0.2, -0.15) is 0 Å². The minimum absolute atomic E-state index is 0.307. The van der Waals surface area contributed by atoms with E-state index in [1.807, 2.05) is 0 Å². The molecule has 0 atom stereocenters. The Balaban J connectivity index is 2.83. The summed E-state index contributed by atoms with van der Waals surface area (Å²) in [7, 11) is 4.44. The van der Waals surface area contributed by atoms with Crippen molar-refractivity contribution in [1.29, 1.82) is 0 Å². The van der Waals surface area contributed by atoms with Gasteiger partial charge < -0.3 is 14.4 Å². The zero-order valence-corrected chi connectivity index (χ0v) is 9.39. The molecule has 0 aliphatic carbocycles. The Morgan fingerprint density at radius 3 is 2.50 bits per heavy atom. The molecule has 0 saturated heterocycles. The van der Waals surface area contributed by atoms with Crippen molar-refractivity contribution in [2.24, 2.45) is 0 Å². The molecule has 16 heavy (non-hydrogen) atoms. The number of carbonyl (C=O) groups excluding carboxylic acids is 2. The van der Waals surface area contributed by atoms with Gasteiger partial charge in [-0.3, -0.25) is 0 Å². The fourth-order valence-corrected chi connectivity index (χ4v) is 0.997. The average molecular weight is 223 g/mol. The maximum Gasteiger partial charge on any atom is 0.414 e. The summed E-state index contributed by atoms with van der Waals surface area (Å²) in [5.41, 5.74) is 0.339. The summed E-state index contributed by atoms with van der Waals surface area (Å²) >= 11 is 0. The van der Waals surface area contributed by atoms with Gasteiger partial charge in [-0.05, 0) is 18.2 Å². The molecule has 0 spiro atoms. The van der Waals surface area contributed by atoms with Crippen molar-refractivity contribution in [3.8, 4) is 5.75 Å². The topological polar surface area (TPSA) is 55.8 Å². The molecule has 0 saturated carbocycles. The molecule has 0 unspecified atom stereocenters. The van der Waals surface area contributed by atoms with Crippen molar-refractivity contribution < 1.29 is 19.1 Å². The molecule has 0 aromatic heterocycles. The molecule has 5 nitrogen and oxygen atoms in total. The summed E-state index contributed by atoms with van der Waals surface area (Å²) in [6, 6.07) is 6.24. The standard InChI is InChI=1S/C11H13NO4/c1-12(2)11(14)16-9-6-4-5-8(7-9)10(13)15-3/h4-7H,1-3H3. The van der Waals surface area contributed by atoms with E-state index in [4.69, 9.17) is 4.74 Å². The summed E-state index contributed by atoms with van der Waals surface area (Å²) in [6.07, 6.45) is -0.498. The van der Waals surface area contributed by atoms with Crippen molar-refractivity contribution in [2.45, 2.75) is 0 Å². The predicted molar refractivity (Wildman–Crippen MR) is 57.5 cm³/mol. The summed E-state index contributed by atoms with van der Waals surface area (Å²) in [4.78, 5) is 23.8. The summed E-state index contributed by atoms with van der Waals surface area (Å²) < 4.78 is 9.54. The maximum absolute atomic E-state index is 11.3. The van der Waals surface area contributed by atoms with Crippen LogP contribution in [0.3, 0.4) is 0 Å². The van der Waals surface area contributed by atoms with E-state index in [0.717, 1.165) is 0 Å². The number of rotatable bonds is 2. The molecule has 0 aliphatic rings. The van der Waals surface area contributed by atoms with Crippen molar-refractivity contribution in [3.05, 3.63) is 29.8 Å². The second-order valence-corrected chi connectivity index (χ2v) is 3.28. The number of hydrogen-bond donors (Lipinski definition) is 0. The number of ether oxygens (including phenoxy) is 2. The van der Waals surface area contributed by atoms with Crippen LogP contribution in [0.15, 0.2) is 24.3 Å². The first kappa shape index (κ1) is 12.0. The Kier molecular flexibility index (Phi) is 3.88. The molecule has 0 bridgehead atoms. The molecule has 5 heteroatoms. The average Bonchev–Trinajstić information content (AvgIpc) is 2.28. The Morgan fingerprint density at radius 1 is 1.25 bits per heavy atom. The monoisotopic (exact) mass is 223 g/mol. The van der Waals surface area contributed by atoms with Crippen molar-refractivity contribution in [3.63, 3.8) is 0 Å². The van der Waals surface area contributed by atoms with Gasteiger partial charge in [0.25, 0.3) is 0 Å². The zero-order chi connectivity index (χ0) is 12.1. The first-order chi connectivity index (χ1) is 7.54. The Labute approximate surface area is 93.6 Å². The highest BCUT2D eigenvalue weighted by Gasteiger charge is 2.10. The highest BCUT2D eigenvalue weighted by Crippen LogP contribution is 2.14. The van der Waals surface area contributed by atoms with Gasteiger partial charge >= 0.3 is 12.1 Å². The molecule has 86 valence electrons. The van der Waals surface area contributed by atoms with Crippen LogP contribution in [0.25, 0.3) is 0 Å². The van der Waals surface area contributed by atoms with E-state index in [1.165, 1.54) is 18.1 Å². The SMILES string of the molecule is COC(=O)c1cccc(OC(=O)N(C)C)c1. The Morgan fingerprint density at radius 2 is 1.94 bits per heavy atom. The molecular weight excluding hydrogens is 210 g/mol. The van der Waals surface area contributed by atoms with Gasteiger partial charge in [-0.1, -0.05) is 6.07 Å². The fraction of sp³-hybridized carbons (Fsp3) is 0.273. The number of methoxy groups -OCH3 is 1. The molecular formula is C11H13NO4. The van der Waals surface area contributed by atoms with Crippen molar-refractivity contribution in [2.75, 3.05) is 21.2 Å². The molecule has 1 aromatic carbocycles. The fourth-order valence-electron chi connectivity index (χ4n) is 0.997. The molecule has 1 amide bonds. The number of carbonyl (C=O) groups is 2. The van der Waals surface area contributed by atoms with Crippen LogP contribution in [0.5, 0.6) is 5.75 Å². The third-order valence-electron chi connectivity index (χ3n) is 1.83. The lowest BCUT2D eigenvalue weighted by Crippen LogP contribution is -2.25. The van der Waals surface area contributed by atoms with Crippen LogP contribution < -0.4 is 4.74 Å². The van der Waals surface area contributed by atoms with E-state index in [0.29, 0.717) is 11.3 Å². The quantitative estimate of drug-likeness (QED) is 0.713. The van der Waals surface area contributed by atoms with Crippen LogP contribution >= 0.6 is 0 Å². The normalized spacial score (nSPS) is 9.44. The van der Waals surface area contributed by atoms with Gasteiger partial charge in [0.05, 0.1) is 12.7 Å². The van der Waals surface area contributed by atoms with Crippen LogP contribution in [0.1, 0.15) is 10.4 Å². The minimum Gasteiger partial charge on any atom is -0.465 e. The van der Waals surface area contributed by atoms with E-state index >= 15 is 0 Å². The van der Waals surface area contributed by atoms with Crippen molar-refractivity contribution >= 4 is 12.1 Å². The molecule has 1 rings (SSSR count). The smallest absolute Gasteiger partial charge is 0.414 e. The molecule has 0 fully saturated rings. The van der Waals surface area contributed by atoms with Crippen LogP contribution in [-0.4, -0.2) is 38.2 Å². The lowest BCUT2D eigenvalue weighted by Gasteiger charge is -2.10. The number of benzene rings is 1. The van der Waals surface area contributed by atoms with E-state index in [9.17, 15) is 9.59 Å². The zero-order valence-electron chi connectivity index (χ0n) is 9.39. The highest BCUT2D eigenvalue weighted by molar-refractivity contribution is 5.89. The second kappa shape index (κ2) is 5.16. The van der Waals surface area contributed by atoms with Gasteiger partial charge in [0.2, 0.25) is 0 Å². The van der Waals surface area contributed by atoms with E-state index in [-0.39, 0.29) is 0 Å². The number of amides is 1. The highest BCUT2D eigenvalue weighted by atomic mass is 16.6. The lowest BCUT2D eigenvalue weighted by molar-refractivity contribution is 0.0600. The van der Waals surface area contributed by atoms with Crippen molar-refractivity contribution in [1.82, 2.24) is 4.90 Å². The molecule has 0 N–H and O–H groups in total. The second-order valence-electron chi connectivity index (χ2n) is 3.28. The Bertz CT molecular complexity index is 401. The van der Waals surface area contributed by atoms with E-state index in [1.54, 1.807) is 32.3 Å². The first-order valence-corrected chi connectivity index (χ1v) is 4.62. The number of esters is 1. The van der Waals surface area contributed by atoms with Gasteiger partial charge in [0.1, 0.15) is 5.75 Å². The molecule has 0 radical (unpaired) electrons. The summed E-state index contributed by atoms with van der Waals surface area (Å²) in [5, 5.41) is 0. The Hall–Kier alpha value is -2.04. The third kappa shape index (κ3) is 2.98. The van der Waals surface area contributed by atoms with Gasteiger partial charge in [0.15, 0.2) is 0 Å². The largest absolute Gasteiger partial charge is 0.465 e. The first-order valence-electron chi connectivity index (χ1n) is 4.62. The van der Waals surface area contributed by atoms with Crippen LogP contribution in [0, 0.1) is 0 Å². The lowest BCUT2D eigenvalue weighted by atomic mass is 10.2. The van der Waals surface area contributed by atoms with Gasteiger partial charge in [0, 0.05) is 14.1 Å². The van der Waals surface area contributed by atoms with E-state index < -0.39 is 12.1 Å². The van der Waals surface area contributed by atoms with Crippen LogP contribution in [0.4, 0.5) is 4.79 Å². The van der Waals surface area contributed by atoms with E-state index in [2.05, 4.69) is 4.74 Å². The minimum atomic E-state index is -0.498. The molecule has 0 heterocycles. The summed E-state index contributed by atoms with van der Waals surface area (Å²) in [5.74, 6) is -0.163. The maximum atomic E-state index is 11.3. The van der Waals surface area contributed by atoms with Crippen LogP contribution in [-0.2, 0) is 4.74 Å². The number of hydrogen-bond acceptors (Lipinski definition) is 4. The molecule has 1 aromatic rings. The summed E-state index contributed by atoms with van der Waals surface area (Å²) in [6.45, 7) is 0. The predicted octanol–water partition coefficient (Wildman–Crippen LogP) is 1.53. The van der Waals surface area contributed by atoms with Crippen LogP contribution in [0.2, 0.25) is 0 Å². The van der Waals surface area contributed by atoms with Gasteiger partial charge in [-0.15, -0.1) is 0 Å². The number of nitrogens with zero attached hydrogens (tertiary/aromatic N) is 1. The van der Waals surface area contributed by atoms with Gasteiger partial charge in [-0.25, -0.2) is 9.59 Å². The third-order valence-corrected chi connectivity index (χ3v) is 1.83. The molecule has 0 aliphatic heterocycles.